The van der Waals surface area contributed by atoms with Crippen LogP contribution in [-0.2, 0) is 4.43 Å². The molecule has 0 radical (unpaired) electrons. The summed E-state index contributed by atoms with van der Waals surface area (Å²) in [6.45, 7) is 11.3. The Morgan fingerprint density at radius 2 is 1.71 bits per heavy atom. The fourth-order valence-corrected chi connectivity index (χ4v) is 3.43. The van der Waals surface area contributed by atoms with E-state index in [2.05, 4.69) is 33.9 Å². The van der Waals surface area contributed by atoms with Gasteiger partial charge in [-0.1, -0.05) is 44.1 Å². The molecular formula is C13H21ClOSSi. The van der Waals surface area contributed by atoms with Crippen molar-refractivity contribution in [3.05, 3.63) is 29.3 Å². The maximum atomic E-state index is 6.10. The predicted molar refractivity (Wildman–Crippen MR) is 80.5 cm³/mol. The minimum atomic E-state index is -1.62. The molecule has 0 heterocycles. The van der Waals surface area contributed by atoms with Gasteiger partial charge < -0.3 is 4.43 Å². The van der Waals surface area contributed by atoms with Crippen LogP contribution in [0.3, 0.4) is 0 Å². The first-order chi connectivity index (χ1) is 7.72. The monoisotopic (exact) mass is 288 g/mol. The molecule has 1 aromatic rings. The lowest BCUT2D eigenvalue weighted by molar-refractivity contribution is 0.354. The third-order valence-electron chi connectivity index (χ3n) is 3.27. The van der Waals surface area contributed by atoms with Crippen LogP contribution >= 0.6 is 23.4 Å². The Morgan fingerprint density at radius 1 is 1.18 bits per heavy atom. The van der Waals surface area contributed by atoms with Crippen molar-refractivity contribution in [1.82, 2.24) is 0 Å². The summed E-state index contributed by atoms with van der Waals surface area (Å²) in [5.41, 5.74) is 0. The van der Waals surface area contributed by atoms with Gasteiger partial charge in [0.25, 0.3) is 0 Å². The second-order valence-electron chi connectivity index (χ2n) is 5.62. The highest BCUT2D eigenvalue weighted by molar-refractivity contribution is 7.99. The van der Waals surface area contributed by atoms with E-state index in [1.165, 1.54) is 4.90 Å². The number of thioether (sulfide) groups is 1. The molecule has 1 nitrogen and oxygen atoms in total. The standard InChI is InChI=1S/C13H21ClOSSi/c1-13(2,3)17(4,5)15-10-16-12-8-6-11(14)7-9-12/h6-9H,10H2,1-5H3. The number of hydrogen-bond donors (Lipinski definition) is 0. The third kappa shape index (κ3) is 4.66. The van der Waals surface area contributed by atoms with Gasteiger partial charge in [-0.25, -0.2) is 0 Å². The molecule has 0 unspecified atom stereocenters. The Morgan fingerprint density at radius 3 is 2.18 bits per heavy atom. The lowest BCUT2D eigenvalue weighted by atomic mass is 10.2. The van der Waals surface area contributed by atoms with Gasteiger partial charge in [-0.05, 0) is 42.4 Å². The van der Waals surface area contributed by atoms with Crippen molar-refractivity contribution in [2.75, 3.05) is 5.94 Å². The molecule has 0 aliphatic heterocycles. The van der Waals surface area contributed by atoms with Crippen molar-refractivity contribution in [3.63, 3.8) is 0 Å². The molecule has 0 fully saturated rings. The molecule has 0 bridgehead atoms. The topological polar surface area (TPSA) is 9.23 Å². The number of benzene rings is 1. The van der Waals surface area contributed by atoms with E-state index in [0.717, 1.165) is 11.0 Å². The fraction of sp³-hybridized carbons (Fsp3) is 0.538. The minimum Gasteiger partial charge on any atom is -0.407 e. The summed E-state index contributed by atoms with van der Waals surface area (Å²) in [6, 6.07) is 7.89. The summed E-state index contributed by atoms with van der Waals surface area (Å²) in [6.07, 6.45) is 0. The molecule has 96 valence electrons. The van der Waals surface area contributed by atoms with Gasteiger partial charge in [0, 0.05) is 9.92 Å². The molecule has 1 aromatic carbocycles. The lowest BCUT2D eigenvalue weighted by Crippen LogP contribution is -2.40. The molecule has 0 N–H and O–H groups in total. The molecule has 0 aromatic heterocycles. The molecular weight excluding hydrogens is 268 g/mol. The Balaban J connectivity index is 2.45. The van der Waals surface area contributed by atoms with Gasteiger partial charge in [0.05, 0.1) is 5.94 Å². The van der Waals surface area contributed by atoms with Crippen LogP contribution in [-0.4, -0.2) is 14.3 Å². The molecule has 0 atom stereocenters. The van der Waals surface area contributed by atoms with Crippen LogP contribution in [0.4, 0.5) is 0 Å². The number of hydrogen-bond acceptors (Lipinski definition) is 2. The van der Waals surface area contributed by atoms with Gasteiger partial charge >= 0.3 is 0 Å². The van der Waals surface area contributed by atoms with Gasteiger partial charge in [-0.2, -0.15) is 0 Å². The highest BCUT2D eigenvalue weighted by Crippen LogP contribution is 2.37. The van der Waals surface area contributed by atoms with E-state index in [4.69, 9.17) is 16.0 Å². The van der Waals surface area contributed by atoms with Crippen molar-refractivity contribution < 1.29 is 4.43 Å². The van der Waals surface area contributed by atoms with E-state index in [-0.39, 0.29) is 5.04 Å². The molecule has 1 rings (SSSR count). The van der Waals surface area contributed by atoms with Crippen molar-refractivity contribution in [3.8, 4) is 0 Å². The zero-order valence-electron chi connectivity index (χ0n) is 11.2. The minimum absolute atomic E-state index is 0.271. The normalized spacial score (nSPS) is 12.8. The van der Waals surface area contributed by atoms with E-state index in [1.807, 2.05) is 24.3 Å². The maximum absolute atomic E-state index is 6.10. The lowest BCUT2D eigenvalue weighted by Gasteiger charge is -2.35. The zero-order valence-corrected chi connectivity index (χ0v) is 13.8. The van der Waals surface area contributed by atoms with Crippen LogP contribution in [0.5, 0.6) is 0 Å². The van der Waals surface area contributed by atoms with Crippen LogP contribution in [0, 0.1) is 0 Å². The van der Waals surface area contributed by atoms with Crippen LogP contribution in [0.2, 0.25) is 23.2 Å². The smallest absolute Gasteiger partial charge is 0.193 e. The molecule has 4 heteroatoms. The zero-order chi connectivity index (χ0) is 13.1. The average Bonchev–Trinajstić information content (AvgIpc) is 2.19. The first kappa shape index (κ1) is 15.1. The Labute approximate surface area is 115 Å². The van der Waals surface area contributed by atoms with Crippen molar-refractivity contribution in [2.45, 2.75) is 43.8 Å². The Bertz CT molecular complexity index is 357. The van der Waals surface area contributed by atoms with Crippen molar-refractivity contribution in [1.29, 1.82) is 0 Å². The summed E-state index contributed by atoms with van der Waals surface area (Å²) in [5.74, 6) is 0.720. The van der Waals surface area contributed by atoms with Crippen LogP contribution in [0.15, 0.2) is 29.2 Å². The fourth-order valence-electron chi connectivity index (χ4n) is 0.992. The largest absolute Gasteiger partial charge is 0.407 e. The van der Waals surface area contributed by atoms with Gasteiger partial charge in [0.15, 0.2) is 8.32 Å². The predicted octanol–water partition coefficient (Wildman–Crippen LogP) is 5.41. The molecule has 0 saturated heterocycles. The van der Waals surface area contributed by atoms with Gasteiger partial charge in [0.1, 0.15) is 0 Å². The van der Waals surface area contributed by atoms with E-state index >= 15 is 0 Å². The molecule has 0 saturated carbocycles. The Kier molecular flexibility index (Phi) is 5.14. The second kappa shape index (κ2) is 5.78. The van der Waals surface area contributed by atoms with Gasteiger partial charge in [-0.15, -0.1) is 0 Å². The van der Waals surface area contributed by atoms with Crippen LogP contribution in [0.25, 0.3) is 0 Å². The summed E-state index contributed by atoms with van der Waals surface area (Å²) >= 11 is 7.57. The van der Waals surface area contributed by atoms with E-state index in [0.29, 0.717) is 0 Å². The number of halogens is 1. The molecule has 0 aliphatic rings. The molecule has 0 amide bonds. The maximum Gasteiger partial charge on any atom is 0.193 e. The van der Waals surface area contributed by atoms with Crippen LogP contribution in [0.1, 0.15) is 20.8 Å². The quantitative estimate of drug-likeness (QED) is 0.416. The third-order valence-corrected chi connectivity index (χ3v) is 9.05. The van der Waals surface area contributed by atoms with Gasteiger partial charge in [0.2, 0.25) is 0 Å². The van der Waals surface area contributed by atoms with E-state index in [1.54, 1.807) is 11.8 Å². The summed E-state index contributed by atoms with van der Waals surface area (Å²) in [5, 5.41) is 1.05. The molecule has 17 heavy (non-hydrogen) atoms. The van der Waals surface area contributed by atoms with Crippen LogP contribution < -0.4 is 0 Å². The van der Waals surface area contributed by atoms with E-state index < -0.39 is 8.32 Å². The molecule has 0 spiro atoms. The highest BCUT2D eigenvalue weighted by atomic mass is 35.5. The summed E-state index contributed by atoms with van der Waals surface area (Å²) in [7, 11) is -1.62. The van der Waals surface area contributed by atoms with E-state index in [9.17, 15) is 0 Å². The SMILES string of the molecule is CC(C)(C)[Si](C)(C)OCSc1ccc(Cl)cc1. The molecule has 0 aliphatic carbocycles. The first-order valence-electron chi connectivity index (χ1n) is 5.75. The summed E-state index contributed by atoms with van der Waals surface area (Å²) < 4.78 is 6.10. The van der Waals surface area contributed by atoms with Crippen molar-refractivity contribution >= 4 is 31.7 Å². The second-order valence-corrected chi connectivity index (χ2v) is 11.9. The highest BCUT2D eigenvalue weighted by Gasteiger charge is 2.36. The summed E-state index contributed by atoms with van der Waals surface area (Å²) in [4.78, 5) is 1.20. The first-order valence-corrected chi connectivity index (χ1v) is 10.0. The average molecular weight is 289 g/mol. The van der Waals surface area contributed by atoms with Gasteiger partial charge in [-0.3, -0.25) is 0 Å². The number of rotatable bonds is 4. The Hall–Kier alpha value is 0.0369. The van der Waals surface area contributed by atoms with Crippen molar-refractivity contribution in [2.24, 2.45) is 0 Å².